The van der Waals surface area contributed by atoms with Gasteiger partial charge in [-0.2, -0.15) is 5.26 Å². The molecule has 8 heteroatoms. The van der Waals surface area contributed by atoms with Crippen molar-refractivity contribution in [2.45, 2.75) is 6.54 Å². The van der Waals surface area contributed by atoms with Crippen LogP contribution in [0, 0.1) is 17.1 Å². The summed E-state index contributed by atoms with van der Waals surface area (Å²) >= 11 is 7.32. The first-order valence-corrected chi connectivity index (χ1v) is 8.98. The van der Waals surface area contributed by atoms with E-state index in [1.165, 1.54) is 12.1 Å². The number of carbonyl (C=O) groups is 1. The van der Waals surface area contributed by atoms with E-state index in [0.29, 0.717) is 15.6 Å². The number of nitriles is 1. The van der Waals surface area contributed by atoms with Gasteiger partial charge in [-0.05, 0) is 41.5 Å². The van der Waals surface area contributed by atoms with E-state index in [0.717, 1.165) is 22.5 Å². The predicted molar refractivity (Wildman–Crippen MR) is 102 cm³/mol. The highest BCUT2D eigenvalue weighted by Crippen LogP contribution is 2.25. The molecule has 0 saturated heterocycles. The number of carbonyl (C=O) groups excluding carboxylic acids is 1. The van der Waals surface area contributed by atoms with Crippen LogP contribution in [0.15, 0.2) is 48.5 Å². The standard InChI is InChI=1S/C19H12ClFN4OS/c20-16(9-12-1-3-13(10-22)4-2-12)18-24-25-19(27-18)17(26)23-11-14-5-7-15(21)8-6-14/h1-9H,11H2,(H,23,26)/b16-9-. The van der Waals surface area contributed by atoms with Crippen molar-refractivity contribution in [1.29, 1.82) is 5.26 Å². The van der Waals surface area contributed by atoms with Crippen molar-refractivity contribution in [3.05, 3.63) is 81.1 Å². The summed E-state index contributed by atoms with van der Waals surface area (Å²) in [7, 11) is 0. The highest BCUT2D eigenvalue weighted by Gasteiger charge is 2.14. The molecule has 0 aliphatic carbocycles. The molecule has 0 fully saturated rings. The molecule has 1 heterocycles. The van der Waals surface area contributed by atoms with E-state index in [1.54, 1.807) is 42.5 Å². The molecule has 2 aromatic carbocycles. The second-order valence-corrected chi connectivity index (χ2v) is 6.83. The molecule has 1 amide bonds. The number of hydrogen-bond donors (Lipinski definition) is 1. The van der Waals surface area contributed by atoms with Gasteiger partial charge in [0.05, 0.1) is 16.7 Å². The number of benzene rings is 2. The van der Waals surface area contributed by atoms with Gasteiger partial charge in [0.1, 0.15) is 5.82 Å². The molecule has 0 saturated carbocycles. The molecule has 0 atom stereocenters. The van der Waals surface area contributed by atoms with Crippen molar-refractivity contribution >= 4 is 40.0 Å². The minimum atomic E-state index is -0.383. The minimum absolute atomic E-state index is 0.179. The van der Waals surface area contributed by atoms with Crippen LogP contribution in [0.5, 0.6) is 0 Å². The van der Waals surface area contributed by atoms with Gasteiger partial charge in [0.2, 0.25) is 5.01 Å². The average Bonchev–Trinajstić information content (AvgIpc) is 3.18. The lowest BCUT2D eigenvalue weighted by molar-refractivity contribution is 0.0950. The minimum Gasteiger partial charge on any atom is -0.346 e. The summed E-state index contributed by atoms with van der Waals surface area (Å²) in [6, 6.07) is 14.8. The van der Waals surface area contributed by atoms with Crippen molar-refractivity contribution in [3.63, 3.8) is 0 Å². The van der Waals surface area contributed by atoms with Crippen LogP contribution in [0.1, 0.15) is 31.5 Å². The Bertz CT molecular complexity index is 1020. The summed E-state index contributed by atoms with van der Waals surface area (Å²) in [5, 5.41) is 20.2. The Morgan fingerprint density at radius 3 is 2.48 bits per heavy atom. The lowest BCUT2D eigenvalue weighted by Gasteiger charge is -2.02. The number of amides is 1. The molecule has 1 aromatic heterocycles. The molecule has 3 aromatic rings. The van der Waals surface area contributed by atoms with Crippen molar-refractivity contribution < 1.29 is 9.18 Å². The van der Waals surface area contributed by atoms with Crippen LogP contribution in [-0.2, 0) is 6.54 Å². The molecule has 27 heavy (non-hydrogen) atoms. The van der Waals surface area contributed by atoms with Gasteiger partial charge in [-0.15, -0.1) is 10.2 Å². The Morgan fingerprint density at radius 2 is 1.81 bits per heavy atom. The number of nitrogens with zero attached hydrogens (tertiary/aromatic N) is 3. The third-order valence-corrected chi connectivity index (χ3v) is 4.88. The molecule has 0 spiro atoms. The quantitative estimate of drug-likeness (QED) is 0.698. The average molecular weight is 399 g/mol. The van der Waals surface area contributed by atoms with Gasteiger partial charge in [0, 0.05) is 6.54 Å². The Kier molecular flexibility index (Phi) is 5.91. The van der Waals surface area contributed by atoms with E-state index in [9.17, 15) is 9.18 Å². The first kappa shape index (κ1) is 18.7. The van der Waals surface area contributed by atoms with Crippen LogP contribution in [0.25, 0.3) is 11.1 Å². The molecule has 0 aliphatic heterocycles. The van der Waals surface area contributed by atoms with Gasteiger partial charge in [0.15, 0.2) is 5.01 Å². The van der Waals surface area contributed by atoms with Gasteiger partial charge >= 0.3 is 0 Å². The molecule has 5 nitrogen and oxygen atoms in total. The van der Waals surface area contributed by atoms with Crippen LogP contribution < -0.4 is 5.32 Å². The lowest BCUT2D eigenvalue weighted by Crippen LogP contribution is -2.22. The zero-order valence-corrected chi connectivity index (χ0v) is 15.4. The second kappa shape index (κ2) is 8.54. The largest absolute Gasteiger partial charge is 0.346 e. The van der Waals surface area contributed by atoms with Crippen molar-refractivity contribution in [2.24, 2.45) is 0 Å². The molecule has 0 radical (unpaired) electrons. The number of aromatic nitrogens is 2. The second-order valence-electron chi connectivity index (χ2n) is 5.45. The van der Waals surface area contributed by atoms with Crippen LogP contribution in [0.3, 0.4) is 0 Å². The maximum atomic E-state index is 12.9. The Hall–Kier alpha value is -3.08. The smallest absolute Gasteiger partial charge is 0.282 e. The van der Waals surface area contributed by atoms with Gasteiger partial charge in [-0.3, -0.25) is 4.79 Å². The van der Waals surface area contributed by atoms with Gasteiger partial charge < -0.3 is 5.32 Å². The highest BCUT2D eigenvalue weighted by molar-refractivity contribution is 7.15. The predicted octanol–water partition coefficient (Wildman–Crippen LogP) is 4.22. The molecular weight excluding hydrogens is 387 g/mol. The highest BCUT2D eigenvalue weighted by atomic mass is 35.5. The van der Waals surface area contributed by atoms with E-state index < -0.39 is 0 Å². The van der Waals surface area contributed by atoms with Crippen LogP contribution >= 0.6 is 22.9 Å². The summed E-state index contributed by atoms with van der Waals surface area (Å²) in [6.07, 6.45) is 1.68. The Morgan fingerprint density at radius 1 is 1.15 bits per heavy atom. The molecule has 1 N–H and O–H groups in total. The number of rotatable bonds is 5. The normalized spacial score (nSPS) is 11.1. The van der Waals surface area contributed by atoms with Crippen LogP contribution in [0.4, 0.5) is 4.39 Å². The molecule has 0 bridgehead atoms. The SMILES string of the molecule is N#Cc1ccc(/C=C(\Cl)c2nnc(C(=O)NCc3ccc(F)cc3)s2)cc1. The summed E-state index contributed by atoms with van der Waals surface area (Å²) in [4.78, 5) is 12.2. The van der Waals surface area contributed by atoms with Gasteiger partial charge in [-0.25, -0.2) is 4.39 Å². The summed E-state index contributed by atoms with van der Waals surface area (Å²) in [5.74, 6) is -0.714. The third kappa shape index (κ3) is 4.97. The van der Waals surface area contributed by atoms with Crippen molar-refractivity contribution in [2.75, 3.05) is 0 Å². The number of halogens is 2. The van der Waals surface area contributed by atoms with Gasteiger partial charge in [0.25, 0.3) is 5.91 Å². The van der Waals surface area contributed by atoms with E-state index in [-0.39, 0.29) is 23.3 Å². The fourth-order valence-corrected chi connectivity index (χ4v) is 3.08. The van der Waals surface area contributed by atoms with Gasteiger partial charge in [-0.1, -0.05) is 47.2 Å². The monoisotopic (exact) mass is 398 g/mol. The summed E-state index contributed by atoms with van der Waals surface area (Å²) < 4.78 is 12.9. The zero-order chi connectivity index (χ0) is 19.2. The zero-order valence-electron chi connectivity index (χ0n) is 13.8. The summed E-state index contributed by atoms with van der Waals surface area (Å²) in [6.45, 7) is 0.253. The maximum Gasteiger partial charge on any atom is 0.282 e. The molecule has 0 unspecified atom stereocenters. The maximum absolute atomic E-state index is 12.9. The number of nitrogens with one attached hydrogen (secondary N) is 1. The van der Waals surface area contributed by atoms with E-state index in [2.05, 4.69) is 15.5 Å². The summed E-state index contributed by atoms with van der Waals surface area (Å²) in [5.41, 5.74) is 2.13. The van der Waals surface area contributed by atoms with E-state index in [1.807, 2.05) is 6.07 Å². The Labute approximate surface area is 163 Å². The van der Waals surface area contributed by atoms with Crippen molar-refractivity contribution in [1.82, 2.24) is 15.5 Å². The van der Waals surface area contributed by atoms with E-state index in [4.69, 9.17) is 16.9 Å². The topological polar surface area (TPSA) is 78.7 Å². The molecule has 0 aliphatic rings. The fraction of sp³-hybridized carbons (Fsp3) is 0.0526. The third-order valence-electron chi connectivity index (χ3n) is 3.52. The first-order valence-electron chi connectivity index (χ1n) is 7.79. The molecule has 134 valence electrons. The first-order chi connectivity index (χ1) is 13.0. The number of hydrogen-bond acceptors (Lipinski definition) is 5. The van der Waals surface area contributed by atoms with Crippen LogP contribution in [0.2, 0.25) is 0 Å². The lowest BCUT2D eigenvalue weighted by atomic mass is 10.1. The van der Waals surface area contributed by atoms with Crippen LogP contribution in [-0.4, -0.2) is 16.1 Å². The molecular formula is C19H12ClFN4OS. The molecule has 3 rings (SSSR count). The Balaban J connectivity index is 1.65. The van der Waals surface area contributed by atoms with E-state index >= 15 is 0 Å². The van der Waals surface area contributed by atoms with Crippen molar-refractivity contribution in [3.8, 4) is 6.07 Å². The fourth-order valence-electron chi connectivity index (χ4n) is 2.13.